The Morgan fingerprint density at radius 2 is 1.18 bits per heavy atom. The number of rotatable bonds is 5. The summed E-state index contributed by atoms with van der Waals surface area (Å²) < 4.78 is 0. The van der Waals surface area contributed by atoms with Crippen LogP contribution in [0.3, 0.4) is 0 Å². The minimum Gasteiger partial charge on any atom is -0.237 e. The normalized spacial score (nSPS) is 15.5. The van der Waals surface area contributed by atoms with Crippen LogP contribution in [0.1, 0.15) is 42.1 Å². The molecular weight excluding hydrogens is 683 g/mol. The lowest BCUT2D eigenvalue weighted by Crippen LogP contribution is -2.12. The van der Waals surface area contributed by atoms with Gasteiger partial charge in [0.15, 0.2) is 23.3 Å². The van der Waals surface area contributed by atoms with E-state index in [0.29, 0.717) is 29.2 Å². The van der Waals surface area contributed by atoms with Crippen LogP contribution in [0, 0.1) is 0 Å². The third-order valence-corrected chi connectivity index (χ3v) is 11.5. The van der Waals surface area contributed by atoms with Gasteiger partial charge in [0, 0.05) is 35.0 Å². The fourth-order valence-corrected chi connectivity index (χ4v) is 8.85. The van der Waals surface area contributed by atoms with Crippen LogP contribution in [-0.2, 0) is 0 Å². The van der Waals surface area contributed by atoms with Crippen molar-refractivity contribution in [2.24, 2.45) is 0 Å². The Balaban J connectivity index is 1.19. The minimum absolute atomic E-state index is 0.327. The summed E-state index contributed by atoms with van der Waals surface area (Å²) in [5, 5.41) is 4.17. The maximum atomic E-state index is 5.42. The highest BCUT2D eigenvalue weighted by molar-refractivity contribution is 6.20. The summed E-state index contributed by atoms with van der Waals surface area (Å²) in [6.07, 6.45) is 19.7. The predicted molar refractivity (Wildman–Crippen MR) is 228 cm³/mol. The van der Waals surface area contributed by atoms with Crippen molar-refractivity contribution in [3.8, 4) is 56.4 Å². The van der Waals surface area contributed by atoms with E-state index < -0.39 is 0 Å². The summed E-state index contributed by atoms with van der Waals surface area (Å²) in [6.45, 7) is 0. The summed E-state index contributed by atoms with van der Waals surface area (Å²) in [5.74, 6) is 3.04. The smallest absolute Gasteiger partial charge is 0.165 e. The average molecular weight is 718 g/mol. The Labute approximate surface area is 325 Å². The highest BCUT2D eigenvalue weighted by Gasteiger charge is 2.30. The van der Waals surface area contributed by atoms with Gasteiger partial charge in [0.25, 0.3) is 0 Å². The van der Waals surface area contributed by atoms with E-state index in [1.54, 1.807) is 0 Å². The minimum atomic E-state index is 0.327. The van der Waals surface area contributed by atoms with Gasteiger partial charge in [-0.3, -0.25) is 0 Å². The van der Waals surface area contributed by atoms with E-state index in [0.717, 1.165) is 74.2 Å². The van der Waals surface area contributed by atoms with Gasteiger partial charge in [-0.1, -0.05) is 140 Å². The Kier molecular flexibility index (Phi) is 7.69. The molecule has 2 heterocycles. The first kappa shape index (κ1) is 32.3. The quantitative estimate of drug-likeness (QED) is 0.166. The molecule has 1 unspecified atom stereocenters. The molecule has 0 amide bonds. The van der Waals surface area contributed by atoms with E-state index in [1.165, 1.54) is 27.8 Å². The number of allylic oxidation sites excluding steroid dienone is 8. The number of aromatic nitrogens is 5. The van der Waals surface area contributed by atoms with Crippen molar-refractivity contribution in [2.45, 2.75) is 25.2 Å². The predicted octanol–water partition coefficient (Wildman–Crippen LogP) is 12.5. The van der Waals surface area contributed by atoms with Gasteiger partial charge in [-0.2, -0.15) is 0 Å². The van der Waals surface area contributed by atoms with Crippen molar-refractivity contribution in [3.05, 3.63) is 187 Å². The molecule has 0 saturated carbocycles. The van der Waals surface area contributed by atoms with Crippen LogP contribution in [0.15, 0.2) is 170 Å². The molecular formula is C51H35N5. The molecule has 5 heteroatoms. The van der Waals surface area contributed by atoms with Gasteiger partial charge < -0.3 is 0 Å². The summed E-state index contributed by atoms with van der Waals surface area (Å²) >= 11 is 0. The van der Waals surface area contributed by atoms with Crippen molar-refractivity contribution >= 4 is 32.7 Å². The van der Waals surface area contributed by atoms with Gasteiger partial charge >= 0.3 is 0 Å². The zero-order valence-electron chi connectivity index (χ0n) is 30.6. The SMILES string of the molecule is C1=CCCC(c2nc(-c3ccc4c(c3)C3=CC=CCC3c3ccccc3-4)nc(-c3c4ccccc4c(-c4ncccn4)c4cc(-c5ccccc5)ccc34)n2)=C1. The molecule has 0 fully saturated rings. The summed E-state index contributed by atoms with van der Waals surface area (Å²) in [6, 6.07) is 43.2. The van der Waals surface area contributed by atoms with Crippen molar-refractivity contribution in [3.63, 3.8) is 0 Å². The van der Waals surface area contributed by atoms with Crippen molar-refractivity contribution in [2.75, 3.05) is 0 Å². The van der Waals surface area contributed by atoms with Gasteiger partial charge in [0.2, 0.25) is 0 Å². The van der Waals surface area contributed by atoms with Crippen LogP contribution < -0.4 is 0 Å². The first-order valence-corrected chi connectivity index (χ1v) is 19.3. The Morgan fingerprint density at radius 3 is 2.02 bits per heavy atom. The third kappa shape index (κ3) is 5.35. The van der Waals surface area contributed by atoms with E-state index in [-0.39, 0.29) is 0 Å². The first-order valence-electron chi connectivity index (χ1n) is 19.3. The molecule has 0 aliphatic heterocycles. The molecule has 0 radical (unpaired) electrons. The Morgan fingerprint density at radius 1 is 0.464 bits per heavy atom. The molecule has 6 aromatic carbocycles. The summed E-state index contributed by atoms with van der Waals surface area (Å²) in [7, 11) is 0. The topological polar surface area (TPSA) is 64.5 Å². The molecule has 264 valence electrons. The molecule has 2 aromatic heterocycles. The Hall–Kier alpha value is -7.11. The fraction of sp³-hybridized carbons (Fsp3) is 0.0784. The largest absolute Gasteiger partial charge is 0.237 e. The van der Waals surface area contributed by atoms with Crippen LogP contribution in [0.25, 0.3) is 89.1 Å². The number of nitrogens with zero attached hydrogens (tertiary/aromatic N) is 5. The molecule has 1 atom stereocenters. The van der Waals surface area contributed by atoms with Gasteiger partial charge in [0.1, 0.15) is 0 Å². The monoisotopic (exact) mass is 717 g/mol. The van der Waals surface area contributed by atoms with E-state index in [4.69, 9.17) is 24.9 Å². The molecule has 56 heavy (non-hydrogen) atoms. The second kappa shape index (κ2) is 13.3. The standard InChI is InChI=1S/C51H35N5/c1-3-14-32(15-4-1)34-24-27-43-45(30-34)47(50-52-28-13-29-53-50)42-23-12-11-22-41(42)46(43)51-55-48(33-16-5-2-6-17-33)54-49(56-51)35-25-26-40-38-20-8-7-18-36(38)37-19-9-10-21-39(37)44(40)31-35/h1-5,7-16,18,20-31,37H,6,17,19H2. The lowest BCUT2D eigenvalue weighted by molar-refractivity contribution is 0.868. The van der Waals surface area contributed by atoms with Gasteiger partial charge in [0.05, 0.1) is 0 Å². The van der Waals surface area contributed by atoms with Crippen LogP contribution in [-0.4, -0.2) is 24.9 Å². The number of hydrogen-bond acceptors (Lipinski definition) is 5. The molecule has 3 aliphatic rings. The van der Waals surface area contributed by atoms with E-state index in [2.05, 4.69) is 152 Å². The number of fused-ring (bicyclic) bond motifs is 8. The maximum absolute atomic E-state index is 5.42. The van der Waals surface area contributed by atoms with Crippen molar-refractivity contribution in [1.29, 1.82) is 0 Å². The molecule has 8 aromatic rings. The summed E-state index contributed by atoms with van der Waals surface area (Å²) in [5.41, 5.74) is 12.9. The highest BCUT2D eigenvalue weighted by Crippen LogP contribution is 2.50. The maximum Gasteiger partial charge on any atom is 0.165 e. The fourth-order valence-electron chi connectivity index (χ4n) is 8.85. The number of hydrogen-bond donors (Lipinski definition) is 0. The van der Waals surface area contributed by atoms with Crippen molar-refractivity contribution < 1.29 is 0 Å². The Bertz CT molecular complexity index is 2990. The number of benzene rings is 6. The molecule has 0 saturated heterocycles. The van der Waals surface area contributed by atoms with Crippen LogP contribution in [0.5, 0.6) is 0 Å². The van der Waals surface area contributed by atoms with E-state index in [9.17, 15) is 0 Å². The third-order valence-electron chi connectivity index (χ3n) is 11.5. The lowest BCUT2D eigenvalue weighted by atomic mass is 9.72. The molecule has 5 nitrogen and oxygen atoms in total. The zero-order valence-corrected chi connectivity index (χ0v) is 30.6. The van der Waals surface area contributed by atoms with Crippen molar-refractivity contribution in [1.82, 2.24) is 24.9 Å². The molecule has 0 spiro atoms. The van der Waals surface area contributed by atoms with Gasteiger partial charge in [-0.15, -0.1) is 0 Å². The van der Waals surface area contributed by atoms with Gasteiger partial charge in [-0.25, -0.2) is 24.9 Å². The average Bonchev–Trinajstić information content (AvgIpc) is 3.28. The first-order chi connectivity index (χ1) is 27.8. The molecule has 0 bridgehead atoms. The van der Waals surface area contributed by atoms with Crippen LogP contribution >= 0.6 is 0 Å². The van der Waals surface area contributed by atoms with E-state index in [1.807, 2.05) is 18.5 Å². The van der Waals surface area contributed by atoms with Gasteiger partial charge in [-0.05, 0) is 104 Å². The second-order valence-corrected chi connectivity index (χ2v) is 14.6. The van der Waals surface area contributed by atoms with Crippen LogP contribution in [0.2, 0.25) is 0 Å². The molecule has 3 aliphatic carbocycles. The lowest BCUT2D eigenvalue weighted by Gasteiger charge is -2.31. The second-order valence-electron chi connectivity index (χ2n) is 14.6. The van der Waals surface area contributed by atoms with E-state index >= 15 is 0 Å². The summed E-state index contributed by atoms with van der Waals surface area (Å²) in [4.78, 5) is 25.6. The molecule has 11 rings (SSSR count). The highest BCUT2D eigenvalue weighted by atomic mass is 15.0. The van der Waals surface area contributed by atoms with Crippen LogP contribution in [0.4, 0.5) is 0 Å². The molecule has 0 N–H and O–H groups in total. The zero-order chi connectivity index (χ0) is 37.0.